The van der Waals surface area contributed by atoms with Crippen LogP contribution in [0.25, 0.3) is 0 Å². The quantitative estimate of drug-likeness (QED) is 0.448. The maximum Gasteiger partial charge on any atom is 0.209 e. The zero-order valence-corrected chi connectivity index (χ0v) is 7.67. The lowest BCUT2D eigenvalue weighted by Gasteiger charge is -1.98. The highest BCUT2D eigenvalue weighted by Crippen LogP contribution is 2.01. The molecule has 0 aliphatic heterocycles. The van der Waals surface area contributed by atoms with Gasteiger partial charge in [-0.3, -0.25) is 9.59 Å². The molecule has 0 rings (SSSR count). The summed E-state index contributed by atoms with van der Waals surface area (Å²) >= 11 is 0. The Balaban J connectivity index is 3.91. The Hall–Kier alpha value is -0.920. The Morgan fingerprint density at radius 3 is 2.58 bits per heavy atom. The molecule has 2 heteroatoms. The van der Waals surface area contributed by atoms with Crippen LogP contribution in [0.15, 0.2) is 12.2 Å². The monoisotopic (exact) mass is 167 g/mol. The number of unbranched alkanes of at least 4 members (excludes halogenated alkanes) is 1. The number of hydrogen-bond acceptors (Lipinski definition) is 2. The van der Waals surface area contributed by atoms with E-state index in [0.717, 1.165) is 12.8 Å². The van der Waals surface area contributed by atoms with Crippen LogP contribution in [-0.2, 0) is 9.59 Å². The highest BCUT2D eigenvalue weighted by atomic mass is 16.1. The lowest BCUT2D eigenvalue weighted by Crippen LogP contribution is -2.11. The van der Waals surface area contributed by atoms with Gasteiger partial charge < -0.3 is 0 Å². The van der Waals surface area contributed by atoms with Crippen LogP contribution in [0.1, 0.15) is 33.1 Å². The van der Waals surface area contributed by atoms with E-state index in [-0.39, 0.29) is 5.78 Å². The molecule has 0 saturated carbocycles. The second-order valence-electron chi connectivity index (χ2n) is 2.67. The average Bonchev–Trinajstić information content (AvgIpc) is 2.07. The van der Waals surface area contributed by atoms with Crippen molar-refractivity contribution in [1.82, 2.24) is 0 Å². The molecule has 67 valence electrons. The first kappa shape index (κ1) is 11.1. The summed E-state index contributed by atoms with van der Waals surface area (Å²) in [6.07, 6.45) is 7.47. The molecule has 0 aromatic heterocycles. The summed E-state index contributed by atoms with van der Waals surface area (Å²) in [5.74, 6) is -0.681. The summed E-state index contributed by atoms with van der Waals surface area (Å²) in [5.41, 5.74) is 0. The van der Waals surface area contributed by atoms with Crippen molar-refractivity contribution >= 4 is 12.1 Å². The van der Waals surface area contributed by atoms with Gasteiger partial charge in [0.25, 0.3) is 0 Å². The predicted molar refractivity (Wildman–Crippen MR) is 48.5 cm³/mol. The molecule has 0 amide bonds. The number of ketones is 1. The third-order valence-electron chi connectivity index (χ3n) is 1.63. The average molecular weight is 167 g/mol. The smallest absolute Gasteiger partial charge is 0.209 e. The van der Waals surface area contributed by atoms with Crippen LogP contribution in [0.5, 0.6) is 0 Å². The molecule has 0 spiro atoms. The molecule has 0 fully saturated rings. The Morgan fingerprint density at radius 2 is 2.17 bits per heavy atom. The molecule has 0 aliphatic rings. The van der Waals surface area contributed by atoms with Gasteiger partial charge in [-0.05, 0) is 18.9 Å². The predicted octanol–water partition coefficient (Wildman–Crippen LogP) is 2.05. The van der Waals surface area contributed by atoms with Crippen LogP contribution < -0.4 is 0 Å². The number of carbonyl (C=O) groups is 1. The first-order valence-corrected chi connectivity index (χ1v) is 4.34. The fourth-order valence-corrected chi connectivity index (χ4v) is 0.825. The summed E-state index contributed by atoms with van der Waals surface area (Å²) in [6, 6.07) is 0. The molecular formula is C10H15O2. The van der Waals surface area contributed by atoms with Gasteiger partial charge in [-0.1, -0.05) is 26.3 Å². The molecule has 0 saturated heterocycles. The van der Waals surface area contributed by atoms with Gasteiger partial charge in [0.1, 0.15) is 0 Å². The molecule has 0 aliphatic carbocycles. The first-order valence-electron chi connectivity index (χ1n) is 4.34. The van der Waals surface area contributed by atoms with Crippen molar-refractivity contribution in [2.45, 2.75) is 33.1 Å². The van der Waals surface area contributed by atoms with Gasteiger partial charge in [-0.2, -0.15) is 0 Å². The van der Waals surface area contributed by atoms with Gasteiger partial charge in [0, 0.05) is 0 Å². The highest BCUT2D eigenvalue weighted by molar-refractivity contribution is 6.00. The minimum Gasteiger partial charge on any atom is -0.294 e. The van der Waals surface area contributed by atoms with Crippen molar-refractivity contribution < 1.29 is 9.59 Å². The fourth-order valence-electron chi connectivity index (χ4n) is 0.825. The molecule has 0 N–H and O–H groups in total. The van der Waals surface area contributed by atoms with E-state index >= 15 is 0 Å². The van der Waals surface area contributed by atoms with Crippen molar-refractivity contribution in [3.8, 4) is 0 Å². The van der Waals surface area contributed by atoms with Crippen LogP contribution in [-0.4, -0.2) is 12.1 Å². The summed E-state index contributed by atoms with van der Waals surface area (Å²) < 4.78 is 0. The molecule has 0 bridgehead atoms. The van der Waals surface area contributed by atoms with Crippen LogP contribution in [0.2, 0.25) is 0 Å². The Kier molecular flexibility index (Phi) is 6.25. The van der Waals surface area contributed by atoms with E-state index in [1.165, 1.54) is 6.08 Å². The second kappa shape index (κ2) is 6.77. The zero-order valence-electron chi connectivity index (χ0n) is 7.67. The number of hydrogen-bond donors (Lipinski definition) is 0. The molecule has 0 aromatic rings. The Bertz CT molecular complexity index is 171. The zero-order chi connectivity index (χ0) is 9.40. The van der Waals surface area contributed by atoms with Crippen molar-refractivity contribution in [2.75, 3.05) is 0 Å². The van der Waals surface area contributed by atoms with E-state index in [0.29, 0.717) is 6.42 Å². The van der Waals surface area contributed by atoms with Crippen LogP contribution in [0.4, 0.5) is 0 Å². The van der Waals surface area contributed by atoms with E-state index in [2.05, 4.69) is 0 Å². The van der Waals surface area contributed by atoms with Gasteiger partial charge in [0.05, 0.1) is 5.92 Å². The minimum absolute atomic E-state index is 0.124. The fraction of sp³-hybridized carbons (Fsp3) is 0.600. The van der Waals surface area contributed by atoms with Crippen molar-refractivity contribution in [3.05, 3.63) is 12.2 Å². The lowest BCUT2D eigenvalue weighted by molar-refractivity contribution is -0.116. The molecular weight excluding hydrogens is 152 g/mol. The van der Waals surface area contributed by atoms with Crippen LogP contribution >= 0.6 is 0 Å². The molecule has 2 nitrogen and oxygen atoms in total. The summed E-state index contributed by atoms with van der Waals surface area (Å²) in [4.78, 5) is 21.4. The molecule has 0 heterocycles. The third kappa shape index (κ3) is 4.06. The molecule has 12 heavy (non-hydrogen) atoms. The number of carbonyl (C=O) groups excluding carboxylic acids is 2. The van der Waals surface area contributed by atoms with Crippen molar-refractivity contribution in [1.29, 1.82) is 0 Å². The second-order valence-corrected chi connectivity index (χ2v) is 2.67. The number of allylic oxidation sites excluding steroid dienone is 2. The maximum atomic E-state index is 11.1. The molecule has 0 aromatic carbocycles. The van der Waals surface area contributed by atoms with Crippen LogP contribution in [0.3, 0.4) is 0 Å². The van der Waals surface area contributed by atoms with E-state index in [9.17, 15) is 9.59 Å². The minimum atomic E-state index is -0.557. The maximum absolute atomic E-state index is 11.1. The van der Waals surface area contributed by atoms with E-state index in [4.69, 9.17) is 0 Å². The summed E-state index contributed by atoms with van der Waals surface area (Å²) in [7, 11) is 0. The summed E-state index contributed by atoms with van der Waals surface area (Å²) in [6.45, 7) is 3.85. The van der Waals surface area contributed by atoms with Gasteiger partial charge in [0.2, 0.25) is 6.29 Å². The van der Waals surface area contributed by atoms with E-state index in [1.54, 1.807) is 13.2 Å². The van der Waals surface area contributed by atoms with Gasteiger partial charge >= 0.3 is 0 Å². The van der Waals surface area contributed by atoms with Crippen molar-refractivity contribution in [2.24, 2.45) is 5.92 Å². The van der Waals surface area contributed by atoms with Gasteiger partial charge in [-0.15, -0.1) is 0 Å². The van der Waals surface area contributed by atoms with Crippen molar-refractivity contribution in [3.63, 3.8) is 0 Å². The Morgan fingerprint density at radius 1 is 1.50 bits per heavy atom. The third-order valence-corrected chi connectivity index (χ3v) is 1.63. The largest absolute Gasteiger partial charge is 0.294 e. The molecule has 1 radical (unpaired) electrons. The highest BCUT2D eigenvalue weighted by Gasteiger charge is 2.12. The SMILES string of the molecule is CCCC=CC(=O)C([C]=O)CC. The van der Waals surface area contributed by atoms with E-state index < -0.39 is 5.92 Å². The summed E-state index contributed by atoms with van der Waals surface area (Å²) in [5, 5.41) is 0. The normalized spacial score (nSPS) is 13.2. The van der Waals surface area contributed by atoms with E-state index in [1.807, 2.05) is 13.0 Å². The van der Waals surface area contributed by atoms with Gasteiger partial charge in [-0.25, -0.2) is 0 Å². The molecule has 1 atom stereocenters. The first-order chi connectivity index (χ1) is 5.76. The topological polar surface area (TPSA) is 34.1 Å². The molecule has 1 unspecified atom stereocenters. The standard InChI is InChI=1S/C10H15O2/c1-3-5-6-7-10(12)9(4-2)8-11/h6-7,9H,3-5H2,1-2H3. The lowest BCUT2D eigenvalue weighted by atomic mass is 10.0. The van der Waals surface area contributed by atoms with Gasteiger partial charge in [0.15, 0.2) is 5.78 Å². The van der Waals surface area contributed by atoms with Crippen LogP contribution in [0, 0.1) is 5.92 Å². The number of rotatable bonds is 6. The Labute approximate surface area is 73.7 Å².